The minimum Gasteiger partial charge on any atom is -0.496 e. The van der Waals surface area contributed by atoms with E-state index in [0.717, 1.165) is 16.8 Å². The van der Waals surface area contributed by atoms with E-state index in [2.05, 4.69) is 18.0 Å². The van der Waals surface area contributed by atoms with Crippen LogP contribution in [0, 0.1) is 13.8 Å². The van der Waals surface area contributed by atoms with Gasteiger partial charge in [-0.3, -0.25) is 9.79 Å². The van der Waals surface area contributed by atoms with E-state index < -0.39 is 0 Å². The fraction of sp³-hybridized carbons (Fsp3) is 0.300. The molecule has 0 N–H and O–H groups in total. The summed E-state index contributed by atoms with van der Waals surface area (Å²) in [6, 6.07) is 11.7. The second-order valence-electron chi connectivity index (χ2n) is 5.81. The molecule has 0 radical (unpaired) electrons. The lowest BCUT2D eigenvalue weighted by atomic mass is 10.1. The highest BCUT2D eigenvalue weighted by Crippen LogP contribution is 2.30. The van der Waals surface area contributed by atoms with Crippen LogP contribution >= 0.6 is 0 Å². The summed E-state index contributed by atoms with van der Waals surface area (Å²) in [4.78, 5) is 18.9. The summed E-state index contributed by atoms with van der Waals surface area (Å²) in [5.74, 6) is 0.480. The van der Waals surface area contributed by atoms with Crippen molar-refractivity contribution in [3.05, 3.63) is 58.7 Å². The van der Waals surface area contributed by atoms with Gasteiger partial charge in [0.1, 0.15) is 5.75 Å². The van der Waals surface area contributed by atoms with Gasteiger partial charge in [0, 0.05) is 25.9 Å². The molecule has 0 saturated carbocycles. The number of amides is 1. The molecule has 0 bridgehead atoms. The third kappa shape index (κ3) is 3.82. The SMILES string of the molecule is CC=Nc1cc(OC)c(C(=O)N(C)Cc2ccccc2C)cc1C. The zero-order valence-electron chi connectivity index (χ0n) is 15.0. The van der Waals surface area contributed by atoms with Gasteiger partial charge in [-0.25, -0.2) is 0 Å². The average molecular weight is 324 g/mol. The molecule has 2 aromatic rings. The molecule has 0 heterocycles. The Morgan fingerprint density at radius 2 is 1.92 bits per heavy atom. The molecular formula is C20H24N2O2. The Balaban J connectivity index is 2.31. The highest BCUT2D eigenvalue weighted by Gasteiger charge is 2.19. The monoisotopic (exact) mass is 324 g/mol. The molecular weight excluding hydrogens is 300 g/mol. The Kier molecular flexibility index (Phi) is 5.74. The topological polar surface area (TPSA) is 41.9 Å². The van der Waals surface area contributed by atoms with E-state index in [9.17, 15) is 4.79 Å². The molecule has 4 heteroatoms. The van der Waals surface area contributed by atoms with Crippen LogP contribution in [-0.4, -0.2) is 31.2 Å². The molecule has 2 rings (SSSR count). The predicted octanol–water partition coefficient (Wildman–Crippen LogP) is 4.31. The summed E-state index contributed by atoms with van der Waals surface area (Å²) in [6.45, 7) is 6.42. The standard InChI is InChI=1S/C20H24N2O2/c1-6-21-18-12-19(24-5)17(11-15(18)3)20(23)22(4)13-16-10-8-7-9-14(16)2/h6-12H,13H2,1-5H3. The number of carbonyl (C=O) groups is 1. The largest absolute Gasteiger partial charge is 0.496 e. The van der Waals surface area contributed by atoms with Crippen LogP contribution in [0.5, 0.6) is 5.75 Å². The van der Waals surface area contributed by atoms with Crippen LogP contribution in [0.3, 0.4) is 0 Å². The maximum atomic E-state index is 12.9. The van der Waals surface area contributed by atoms with Crippen molar-refractivity contribution < 1.29 is 9.53 Å². The Morgan fingerprint density at radius 3 is 2.54 bits per heavy atom. The van der Waals surface area contributed by atoms with Gasteiger partial charge in [-0.15, -0.1) is 0 Å². The van der Waals surface area contributed by atoms with E-state index in [1.807, 2.05) is 51.2 Å². The number of hydrogen-bond donors (Lipinski definition) is 0. The van der Waals surface area contributed by atoms with E-state index in [1.54, 1.807) is 18.2 Å². The Labute approximate surface area is 143 Å². The molecule has 0 spiro atoms. The third-order valence-corrected chi connectivity index (χ3v) is 4.03. The van der Waals surface area contributed by atoms with Crippen LogP contribution in [0.2, 0.25) is 0 Å². The van der Waals surface area contributed by atoms with E-state index in [4.69, 9.17) is 4.74 Å². The number of nitrogens with zero attached hydrogens (tertiary/aromatic N) is 2. The number of rotatable bonds is 5. The van der Waals surface area contributed by atoms with Gasteiger partial charge in [0.05, 0.1) is 18.4 Å². The number of aliphatic imine (C=N–C) groups is 1. The van der Waals surface area contributed by atoms with Crippen molar-refractivity contribution in [3.8, 4) is 5.75 Å². The number of ether oxygens (including phenoxy) is 1. The Bertz CT molecular complexity index is 766. The fourth-order valence-electron chi connectivity index (χ4n) is 2.61. The van der Waals surface area contributed by atoms with Crippen LogP contribution in [0.25, 0.3) is 0 Å². The summed E-state index contributed by atoms with van der Waals surface area (Å²) in [5.41, 5.74) is 4.62. The van der Waals surface area contributed by atoms with E-state index >= 15 is 0 Å². The maximum Gasteiger partial charge on any atom is 0.257 e. The van der Waals surface area contributed by atoms with Crippen LogP contribution in [0.4, 0.5) is 5.69 Å². The number of aryl methyl sites for hydroxylation is 2. The lowest BCUT2D eigenvalue weighted by molar-refractivity contribution is 0.0781. The van der Waals surface area contributed by atoms with Crippen molar-refractivity contribution in [2.45, 2.75) is 27.3 Å². The van der Waals surface area contributed by atoms with Crippen molar-refractivity contribution in [3.63, 3.8) is 0 Å². The first kappa shape index (κ1) is 17.7. The molecule has 0 aliphatic rings. The number of carbonyl (C=O) groups excluding carboxylic acids is 1. The average Bonchev–Trinajstić information content (AvgIpc) is 2.57. The van der Waals surface area contributed by atoms with Crippen LogP contribution in [-0.2, 0) is 6.54 Å². The summed E-state index contributed by atoms with van der Waals surface area (Å²) >= 11 is 0. The van der Waals surface area contributed by atoms with Crippen molar-refractivity contribution in [1.29, 1.82) is 0 Å². The number of benzene rings is 2. The van der Waals surface area contributed by atoms with Crippen molar-refractivity contribution >= 4 is 17.8 Å². The molecule has 0 saturated heterocycles. The van der Waals surface area contributed by atoms with Gasteiger partial charge in [0.15, 0.2) is 0 Å². The number of hydrogen-bond acceptors (Lipinski definition) is 3. The fourth-order valence-corrected chi connectivity index (χ4v) is 2.61. The molecule has 0 fully saturated rings. The van der Waals surface area contributed by atoms with Gasteiger partial charge in [-0.1, -0.05) is 24.3 Å². The van der Waals surface area contributed by atoms with Crippen LogP contribution in [0.1, 0.15) is 34.0 Å². The smallest absolute Gasteiger partial charge is 0.257 e. The van der Waals surface area contributed by atoms with Gasteiger partial charge in [0.25, 0.3) is 5.91 Å². The predicted molar refractivity (Wildman–Crippen MR) is 98.5 cm³/mol. The van der Waals surface area contributed by atoms with Gasteiger partial charge < -0.3 is 9.64 Å². The van der Waals surface area contributed by atoms with E-state index in [-0.39, 0.29) is 5.91 Å². The first-order chi connectivity index (χ1) is 11.5. The lowest BCUT2D eigenvalue weighted by Crippen LogP contribution is -2.27. The minimum atomic E-state index is -0.0646. The van der Waals surface area contributed by atoms with Crippen molar-refractivity contribution in [2.75, 3.05) is 14.2 Å². The summed E-state index contributed by atoms with van der Waals surface area (Å²) in [7, 11) is 3.38. The summed E-state index contributed by atoms with van der Waals surface area (Å²) < 4.78 is 5.41. The zero-order chi connectivity index (χ0) is 17.7. The Morgan fingerprint density at radius 1 is 1.21 bits per heavy atom. The summed E-state index contributed by atoms with van der Waals surface area (Å²) in [5, 5.41) is 0. The maximum absolute atomic E-state index is 12.9. The molecule has 2 aromatic carbocycles. The van der Waals surface area contributed by atoms with Crippen LogP contribution < -0.4 is 4.74 Å². The molecule has 0 aliphatic carbocycles. The van der Waals surface area contributed by atoms with Gasteiger partial charge in [-0.05, 0) is 43.5 Å². The van der Waals surface area contributed by atoms with E-state index in [0.29, 0.717) is 17.9 Å². The molecule has 0 aliphatic heterocycles. The van der Waals surface area contributed by atoms with Gasteiger partial charge >= 0.3 is 0 Å². The van der Waals surface area contributed by atoms with Gasteiger partial charge in [0.2, 0.25) is 0 Å². The number of methoxy groups -OCH3 is 1. The minimum absolute atomic E-state index is 0.0646. The second kappa shape index (κ2) is 7.77. The van der Waals surface area contributed by atoms with Crippen molar-refractivity contribution in [1.82, 2.24) is 4.90 Å². The van der Waals surface area contributed by atoms with Gasteiger partial charge in [-0.2, -0.15) is 0 Å². The summed E-state index contributed by atoms with van der Waals surface area (Å²) in [6.07, 6.45) is 1.73. The zero-order valence-corrected chi connectivity index (χ0v) is 15.0. The van der Waals surface area contributed by atoms with E-state index in [1.165, 1.54) is 5.56 Å². The first-order valence-electron chi connectivity index (χ1n) is 7.95. The molecule has 0 unspecified atom stereocenters. The molecule has 4 nitrogen and oxygen atoms in total. The first-order valence-corrected chi connectivity index (χ1v) is 7.95. The lowest BCUT2D eigenvalue weighted by Gasteiger charge is -2.20. The second-order valence-corrected chi connectivity index (χ2v) is 5.81. The molecule has 1 amide bonds. The van der Waals surface area contributed by atoms with Crippen molar-refractivity contribution in [2.24, 2.45) is 4.99 Å². The highest BCUT2D eigenvalue weighted by molar-refractivity contribution is 5.97. The van der Waals surface area contributed by atoms with Crippen LogP contribution in [0.15, 0.2) is 41.4 Å². The normalized spacial score (nSPS) is 10.9. The Hall–Kier alpha value is -2.62. The highest BCUT2D eigenvalue weighted by atomic mass is 16.5. The molecule has 0 atom stereocenters. The molecule has 24 heavy (non-hydrogen) atoms. The quantitative estimate of drug-likeness (QED) is 0.769. The third-order valence-electron chi connectivity index (χ3n) is 4.03. The molecule has 126 valence electrons. The molecule has 0 aromatic heterocycles.